The lowest BCUT2D eigenvalue weighted by molar-refractivity contribution is 0.106. The molecule has 0 bridgehead atoms. The third-order valence-corrected chi connectivity index (χ3v) is 1.49. The van der Waals surface area contributed by atoms with Crippen LogP contribution in [0.2, 0.25) is 0 Å². The molecule has 0 aliphatic carbocycles. The summed E-state index contributed by atoms with van der Waals surface area (Å²) in [5.41, 5.74) is 0.0262. The van der Waals surface area contributed by atoms with Crippen molar-refractivity contribution in [1.29, 1.82) is 0 Å². The predicted octanol–water partition coefficient (Wildman–Crippen LogP) is 2.72. The molecule has 0 aromatic carbocycles. The molecular formula is C11H21NO2. The third-order valence-electron chi connectivity index (χ3n) is 1.49. The molecule has 1 N–H and O–H groups in total. The van der Waals surface area contributed by atoms with Gasteiger partial charge in [0.2, 0.25) is 0 Å². The van der Waals surface area contributed by atoms with Crippen LogP contribution >= 0.6 is 0 Å². The van der Waals surface area contributed by atoms with Crippen molar-refractivity contribution in [3.63, 3.8) is 0 Å². The van der Waals surface area contributed by atoms with E-state index in [0.717, 1.165) is 12.8 Å². The maximum Gasteiger partial charge on any atom is 0.407 e. The van der Waals surface area contributed by atoms with Gasteiger partial charge in [0.1, 0.15) is 0 Å². The molecule has 0 saturated heterocycles. The first-order valence-corrected chi connectivity index (χ1v) is 4.97. The van der Waals surface area contributed by atoms with Crippen molar-refractivity contribution in [1.82, 2.24) is 5.32 Å². The molecule has 0 atom stereocenters. The van der Waals surface area contributed by atoms with Gasteiger partial charge in [-0.25, -0.2) is 4.79 Å². The molecule has 0 aromatic rings. The number of carbonyl (C=O) groups is 1. The van der Waals surface area contributed by atoms with Crippen LogP contribution in [0.1, 0.15) is 33.6 Å². The number of unbranched alkanes of at least 4 members (excludes halogenated alkanes) is 1. The van der Waals surface area contributed by atoms with Gasteiger partial charge in [-0.1, -0.05) is 26.8 Å². The van der Waals surface area contributed by atoms with E-state index < -0.39 is 0 Å². The topological polar surface area (TPSA) is 38.3 Å². The van der Waals surface area contributed by atoms with Crippen molar-refractivity contribution < 1.29 is 9.53 Å². The SMILES string of the molecule is C=CCCCNC(=O)OCC(C)(C)C. The minimum absolute atomic E-state index is 0.0262. The quantitative estimate of drug-likeness (QED) is 0.546. The minimum atomic E-state index is -0.330. The largest absolute Gasteiger partial charge is 0.449 e. The van der Waals surface area contributed by atoms with Crippen molar-refractivity contribution >= 4 is 6.09 Å². The molecule has 0 aliphatic heterocycles. The van der Waals surface area contributed by atoms with Gasteiger partial charge in [-0.05, 0) is 18.3 Å². The highest BCUT2D eigenvalue weighted by atomic mass is 16.5. The molecule has 14 heavy (non-hydrogen) atoms. The molecule has 3 nitrogen and oxygen atoms in total. The van der Waals surface area contributed by atoms with E-state index in [4.69, 9.17) is 4.74 Å². The van der Waals surface area contributed by atoms with E-state index in [2.05, 4.69) is 11.9 Å². The second kappa shape index (κ2) is 6.46. The van der Waals surface area contributed by atoms with Gasteiger partial charge in [-0.2, -0.15) is 0 Å². The molecule has 0 heterocycles. The molecule has 0 radical (unpaired) electrons. The summed E-state index contributed by atoms with van der Waals surface area (Å²) >= 11 is 0. The first-order chi connectivity index (χ1) is 6.45. The number of rotatable bonds is 5. The fourth-order valence-electron chi connectivity index (χ4n) is 0.770. The van der Waals surface area contributed by atoms with Gasteiger partial charge in [0.25, 0.3) is 0 Å². The van der Waals surface area contributed by atoms with Crippen molar-refractivity contribution in [3.8, 4) is 0 Å². The molecule has 0 saturated carbocycles. The summed E-state index contributed by atoms with van der Waals surface area (Å²) in [4.78, 5) is 11.1. The van der Waals surface area contributed by atoms with E-state index in [1.54, 1.807) is 0 Å². The number of amides is 1. The Kier molecular flexibility index (Phi) is 6.00. The number of alkyl carbamates (subject to hydrolysis) is 1. The van der Waals surface area contributed by atoms with E-state index in [0.29, 0.717) is 13.2 Å². The van der Waals surface area contributed by atoms with Crippen molar-refractivity contribution in [2.45, 2.75) is 33.6 Å². The summed E-state index contributed by atoms with van der Waals surface area (Å²) in [5.74, 6) is 0. The van der Waals surface area contributed by atoms with Gasteiger partial charge >= 0.3 is 6.09 Å². The van der Waals surface area contributed by atoms with Crippen molar-refractivity contribution in [3.05, 3.63) is 12.7 Å². The fourth-order valence-corrected chi connectivity index (χ4v) is 0.770. The van der Waals surface area contributed by atoms with E-state index in [1.165, 1.54) is 0 Å². The van der Waals surface area contributed by atoms with Crippen LogP contribution in [0, 0.1) is 5.41 Å². The Labute approximate surface area is 86.5 Å². The summed E-state index contributed by atoms with van der Waals surface area (Å²) < 4.78 is 5.01. The molecule has 0 rings (SSSR count). The highest BCUT2D eigenvalue weighted by Crippen LogP contribution is 2.12. The molecule has 0 unspecified atom stereocenters. The minimum Gasteiger partial charge on any atom is -0.449 e. The lowest BCUT2D eigenvalue weighted by Crippen LogP contribution is -2.28. The zero-order chi connectivity index (χ0) is 11.0. The van der Waals surface area contributed by atoms with E-state index in [-0.39, 0.29) is 11.5 Å². The van der Waals surface area contributed by atoms with E-state index in [1.807, 2.05) is 26.8 Å². The summed E-state index contributed by atoms with van der Waals surface area (Å²) in [6.07, 6.45) is 3.33. The van der Waals surface area contributed by atoms with Crippen LogP contribution in [0.3, 0.4) is 0 Å². The number of carbonyl (C=O) groups excluding carboxylic acids is 1. The summed E-state index contributed by atoms with van der Waals surface area (Å²) in [6, 6.07) is 0. The lowest BCUT2D eigenvalue weighted by Gasteiger charge is -2.17. The first-order valence-electron chi connectivity index (χ1n) is 4.97. The lowest BCUT2D eigenvalue weighted by atomic mass is 9.99. The van der Waals surface area contributed by atoms with Crippen LogP contribution in [0.4, 0.5) is 4.79 Å². The highest BCUT2D eigenvalue weighted by molar-refractivity contribution is 5.67. The Bertz CT molecular complexity index is 182. The number of hydrogen-bond acceptors (Lipinski definition) is 2. The highest BCUT2D eigenvalue weighted by Gasteiger charge is 2.12. The molecule has 0 aromatic heterocycles. The van der Waals surface area contributed by atoms with Crippen LogP contribution in [-0.2, 0) is 4.74 Å². The average Bonchev–Trinajstić information content (AvgIpc) is 2.08. The van der Waals surface area contributed by atoms with Gasteiger partial charge in [0.05, 0.1) is 6.61 Å². The summed E-state index contributed by atoms with van der Waals surface area (Å²) in [7, 11) is 0. The van der Waals surface area contributed by atoms with Gasteiger partial charge < -0.3 is 10.1 Å². The van der Waals surface area contributed by atoms with Crippen LogP contribution in [0.25, 0.3) is 0 Å². The number of allylic oxidation sites excluding steroid dienone is 1. The van der Waals surface area contributed by atoms with Gasteiger partial charge in [0.15, 0.2) is 0 Å². The maximum absolute atomic E-state index is 11.1. The van der Waals surface area contributed by atoms with Gasteiger partial charge in [-0.3, -0.25) is 0 Å². The molecule has 82 valence electrons. The summed E-state index contributed by atoms with van der Waals surface area (Å²) in [6.45, 7) is 10.8. The monoisotopic (exact) mass is 199 g/mol. The van der Waals surface area contributed by atoms with Crippen molar-refractivity contribution in [2.75, 3.05) is 13.2 Å². The van der Waals surface area contributed by atoms with E-state index >= 15 is 0 Å². The van der Waals surface area contributed by atoms with Crippen molar-refractivity contribution in [2.24, 2.45) is 5.41 Å². The number of ether oxygens (including phenoxy) is 1. The van der Waals surface area contributed by atoms with Gasteiger partial charge in [0, 0.05) is 6.54 Å². The molecule has 0 fully saturated rings. The molecule has 3 heteroatoms. The average molecular weight is 199 g/mol. The Morgan fingerprint density at radius 3 is 2.64 bits per heavy atom. The third kappa shape index (κ3) is 9.10. The number of hydrogen-bond donors (Lipinski definition) is 1. The van der Waals surface area contributed by atoms with Crippen LogP contribution in [-0.4, -0.2) is 19.2 Å². The normalized spacial score (nSPS) is 10.8. The van der Waals surface area contributed by atoms with Crippen LogP contribution < -0.4 is 5.32 Å². The van der Waals surface area contributed by atoms with E-state index in [9.17, 15) is 4.79 Å². The molecule has 0 spiro atoms. The molecular weight excluding hydrogens is 178 g/mol. The van der Waals surface area contributed by atoms with Crippen LogP contribution in [0.5, 0.6) is 0 Å². The Morgan fingerprint density at radius 1 is 1.50 bits per heavy atom. The zero-order valence-electron chi connectivity index (χ0n) is 9.43. The smallest absolute Gasteiger partial charge is 0.407 e. The first kappa shape index (κ1) is 13.0. The second-order valence-corrected chi connectivity index (χ2v) is 4.49. The predicted molar refractivity (Wildman–Crippen MR) is 58.2 cm³/mol. The zero-order valence-corrected chi connectivity index (χ0v) is 9.43. The number of nitrogens with one attached hydrogen (secondary N) is 1. The second-order valence-electron chi connectivity index (χ2n) is 4.49. The summed E-state index contributed by atoms with van der Waals surface area (Å²) in [5, 5.41) is 2.68. The van der Waals surface area contributed by atoms with Crippen LogP contribution in [0.15, 0.2) is 12.7 Å². The van der Waals surface area contributed by atoms with Gasteiger partial charge in [-0.15, -0.1) is 6.58 Å². The standard InChI is InChI=1S/C11H21NO2/c1-5-6-7-8-12-10(13)14-9-11(2,3)4/h5H,1,6-9H2,2-4H3,(H,12,13). The Balaban J connectivity index is 3.42. The fraction of sp³-hybridized carbons (Fsp3) is 0.727. The molecule has 0 aliphatic rings. The molecule has 1 amide bonds. The maximum atomic E-state index is 11.1. The Morgan fingerprint density at radius 2 is 2.14 bits per heavy atom. The Hall–Kier alpha value is -0.990.